The molecule has 0 radical (unpaired) electrons. The number of hydrogen-bond acceptors (Lipinski definition) is 2. The molecule has 0 aliphatic rings. The number of pyridine rings is 1. The number of nitrogens with zero attached hydrogens (tertiary/aromatic N) is 3. The molecular formula is C24H20FN3. The fourth-order valence-corrected chi connectivity index (χ4v) is 3.26. The molecule has 2 heterocycles. The van der Waals surface area contributed by atoms with Crippen molar-refractivity contribution in [3.63, 3.8) is 0 Å². The Labute approximate surface area is 163 Å². The van der Waals surface area contributed by atoms with E-state index >= 15 is 0 Å². The van der Waals surface area contributed by atoms with Gasteiger partial charge in [0.15, 0.2) is 0 Å². The van der Waals surface area contributed by atoms with E-state index < -0.39 is 0 Å². The quantitative estimate of drug-likeness (QED) is 0.462. The van der Waals surface area contributed by atoms with E-state index in [0.717, 1.165) is 34.5 Å². The first-order valence-corrected chi connectivity index (χ1v) is 9.16. The zero-order valence-corrected chi connectivity index (χ0v) is 15.6. The van der Waals surface area contributed by atoms with Gasteiger partial charge in [-0.05, 0) is 60.0 Å². The lowest BCUT2D eigenvalue weighted by Gasteiger charge is -2.05. The molecular weight excluding hydrogens is 349 g/mol. The highest BCUT2D eigenvalue weighted by molar-refractivity contribution is 5.86. The Bertz CT molecular complexity index is 1080. The summed E-state index contributed by atoms with van der Waals surface area (Å²) >= 11 is 0. The van der Waals surface area contributed by atoms with E-state index in [0.29, 0.717) is 0 Å². The van der Waals surface area contributed by atoms with E-state index in [1.165, 1.54) is 17.7 Å². The topological polar surface area (TPSA) is 30.7 Å². The summed E-state index contributed by atoms with van der Waals surface area (Å²) in [4.78, 5) is 4.13. The minimum absolute atomic E-state index is 0.256. The van der Waals surface area contributed by atoms with Crippen LogP contribution in [0.15, 0.2) is 85.2 Å². The zero-order valence-electron chi connectivity index (χ0n) is 15.6. The van der Waals surface area contributed by atoms with Gasteiger partial charge >= 0.3 is 0 Å². The largest absolute Gasteiger partial charge is 0.267 e. The molecule has 0 spiro atoms. The van der Waals surface area contributed by atoms with Crippen LogP contribution in [0, 0.1) is 5.82 Å². The van der Waals surface area contributed by atoms with Gasteiger partial charge in [0.1, 0.15) is 11.5 Å². The molecule has 28 heavy (non-hydrogen) atoms. The maximum atomic E-state index is 13.4. The summed E-state index contributed by atoms with van der Waals surface area (Å²) in [5, 5.41) is 4.74. The first-order chi connectivity index (χ1) is 13.7. The summed E-state index contributed by atoms with van der Waals surface area (Å²) in [5.74, 6) is -0.256. The van der Waals surface area contributed by atoms with Crippen molar-refractivity contribution in [1.82, 2.24) is 14.8 Å². The number of aromatic nitrogens is 3. The molecule has 0 atom stereocenters. The van der Waals surface area contributed by atoms with Gasteiger partial charge in [0.2, 0.25) is 0 Å². The second kappa shape index (κ2) is 8.01. The predicted octanol–water partition coefficient (Wildman–Crippen LogP) is 5.54. The van der Waals surface area contributed by atoms with Gasteiger partial charge in [-0.3, -0.25) is 9.67 Å². The average Bonchev–Trinajstić information content (AvgIpc) is 3.06. The average molecular weight is 369 g/mol. The lowest BCUT2D eigenvalue weighted by molar-refractivity contribution is 0.628. The van der Waals surface area contributed by atoms with E-state index in [-0.39, 0.29) is 5.82 Å². The van der Waals surface area contributed by atoms with Crippen LogP contribution in [0.3, 0.4) is 0 Å². The number of hydrogen-bond donors (Lipinski definition) is 0. The molecule has 4 rings (SSSR count). The highest BCUT2D eigenvalue weighted by Crippen LogP contribution is 2.34. The molecule has 3 nitrogen and oxygen atoms in total. The third kappa shape index (κ3) is 3.76. The lowest BCUT2D eigenvalue weighted by atomic mass is 9.99. The molecule has 4 heteroatoms. The fraction of sp³-hybridized carbons (Fsp3) is 0.0833. The van der Waals surface area contributed by atoms with Crippen molar-refractivity contribution < 1.29 is 4.39 Å². The fourth-order valence-electron chi connectivity index (χ4n) is 3.26. The molecule has 0 N–H and O–H groups in total. The first-order valence-electron chi connectivity index (χ1n) is 9.16. The van der Waals surface area contributed by atoms with Crippen LogP contribution >= 0.6 is 0 Å². The number of halogens is 1. The molecule has 2 aromatic carbocycles. The molecule has 4 aromatic rings. The van der Waals surface area contributed by atoms with E-state index in [9.17, 15) is 4.39 Å². The molecule has 0 fully saturated rings. The molecule has 0 saturated carbocycles. The van der Waals surface area contributed by atoms with Crippen LogP contribution in [0.5, 0.6) is 0 Å². The Morgan fingerprint density at radius 2 is 1.61 bits per heavy atom. The third-order valence-electron chi connectivity index (χ3n) is 4.65. The van der Waals surface area contributed by atoms with Gasteiger partial charge in [-0.1, -0.05) is 36.4 Å². The number of benzene rings is 2. The summed E-state index contributed by atoms with van der Waals surface area (Å²) in [5.41, 5.74) is 6.01. The molecule has 0 unspecified atom stereocenters. The van der Waals surface area contributed by atoms with Gasteiger partial charge in [0, 0.05) is 30.6 Å². The monoisotopic (exact) mass is 369 g/mol. The molecule has 0 amide bonds. The van der Waals surface area contributed by atoms with Gasteiger partial charge < -0.3 is 0 Å². The highest BCUT2D eigenvalue weighted by atomic mass is 19.1. The van der Waals surface area contributed by atoms with Crippen LogP contribution in [-0.4, -0.2) is 14.8 Å². The van der Waals surface area contributed by atoms with E-state index in [1.54, 1.807) is 24.5 Å². The number of allylic oxidation sites excluding steroid dienone is 1. The predicted molar refractivity (Wildman–Crippen MR) is 111 cm³/mol. The van der Waals surface area contributed by atoms with Crippen molar-refractivity contribution in [2.45, 2.75) is 6.42 Å². The van der Waals surface area contributed by atoms with Crippen LogP contribution < -0.4 is 0 Å². The molecule has 0 saturated heterocycles. The summed E-state index contributed by atoms with van der Waals surface area (Å²) in [6.45, 7) is 0. The first kappa shape index (κ1) is 17.9. The van der Waals surface area contributed by atoms with Crippen molar-refractivity contribution in [3.8, 4) is 22.4 Å². The molecule has 138 valence electrons. The summed E-state index contributed by atoms with van der Waals surface area (Å²) in [6.07, 6.45) is 8.63. The Balaban J connectivity index is 1.78. The van der Waals surface area contributed by atoms with Crippen molar-refractivity contribution in [2.24, 2.45) is 7.05 Å². The second-order valence-electron chi connectivity index (χ2n) is 6.57. The van der Waals surface area contributed by atoms with Crippen LogP contribution in [-0.2, 0) is 13.5 Å². The summed E-state index contributed by atoms with van der Waals surface area (Å²) in [7, 11) is 1.93. The Morgan fingerprint density at radius 1 is 0.893 bits per heavy atom. The second-order valence-corrected chi connectivity index (χ2v) is 6.57. The van der Waals surface area contributed by atoms with Crippen molar-refractivity contribution in [2.75, 3.05) is 0 Å². The number of aryl methyl sites for hydroxylation is 1. The van der Waals surface area contributed by atoms with Gasteiger partial charge in [-0.2, -0.15) is 5.10 Å². The van der Waals surface area contributed by atoms with Crippen molar-refractivity contribution in [1.29, 1.82) is 0 Å². The minimum atomic E-state index is -0.256. The van der Waals surface area contributed by atoms with Gasteiger partial charge in [-0.15, -0.1) is 0 Å². The number of rotatable bonds is 5. The van der Waals surface area contributed by atoms with Gasteiger partial charge in [0.05, 0.1) is 5.69 Å². The smallest absolute Gasteiger partial charge is 0.123 e. The maximum absolute atomic E-state index is 13.4. The van der Waals surface area contributed by atoms with Gasteiger partial charge in [-0.25, -0.2) is 4.39 Å². The molecule has 2 aromatic heterocycles. The van der Waals surface area contributed by atoms with Crippen molar-refractivity contribution >= 4 is 6.08 Å². The summed E-state index contributed by atoms with van der Waals surface area (Å²) in [6, 6.07) is 20.7. The molecule has 0 aliphatic heterocycles. The maximum Gasteiger partial charge on any atom is 0.123 e. The molecule has 0 bridgehead atoms. The normalized spacial score (nSPS) is 11.2. The van der Waals surface area contributed by atoms with E-state index in [4.69, 9.17) is 5.10 Å². The minimum Gasteiger partial charge on any atom is -0.267 e. The Kier molecular flexibility index (Phi) is 5.11. The van der Waals surface area contributed by atoms with Crippen LogP contribution in [0.25, 0.3) is 28.5 Å². The zero-order chi connectivity index (χ0) is 19.3. The van der Waals surface area contributed by atoms with Crippen LogP contribution in [0.4, 0.5) is 4.39 Å². The van der Waals surface area contributed by atoms with E-state index in [2.05, 4.69) is 29.3 Å². The van der Waals surface area contributed by atoms with Gasteiger partial charge in [0.25, 0.3) is 0 Å². The Hall–Kier alpha value is -3.53. The third-order valence-corrected chi connectivity index (χ3v) is 4.65. The molecule has 0 aliphatic carbocycles. The highest BCUT2D eigenvalue weighted by Gasteiger charge is 2.17. The van der Waals surface area contributed by atoms with Crippen LogP contribution in [0.2, 0.25) is 0 Å². The SMILES string of the molecule is Cn1nc(-c2ccc(F)cc2)c(-c2ccncc2)c1C=CCc1ccccc1. The van der Waals surface area contributed by atoms with E-state index in [1.807, 2.05) is 42.1 Å². The van der Waals surface area contributed by atoms with Crippen molar-refractivity contribution in [3.05, 3.63) is 102 Å². The standard InChI is InChI=1S/C24H20FN3/c1-28-22(9-5-8-18-6-3-2-4-7-18)23(19-14-16-26-17-15-19)24(27-28)20-10-12-21(25)13-11-20/h2-7,9-17H,8H2,1H3. The lowest BCUT2D eigenvalue weighted by Crippen LogP contribution is -1.94. The Morgan fingerprint density at radius 3 is 2.32 bits per heavy atom. The summed E-state index contributed by atoms with van der Waals surface area (Å²) < 4.78 is 15.3. The van der Waals surface area contributed by atoms with Crippen LogP contribution in [0.1, 0.15) is 11.3 Å².